The molecule has 1 saturated heterocycles. The number of morpholine rings is 1. The number of ether oxygens (including phenoxy) is 1. The first-order chi connectivity index (χ1) is 11.5. The summed E-state index contributed by atoms with van der Waals surface area (Å²) in [6, 6.07) is 5.80. The largest absolute Gasteiger partial charge is 0.379 e. The molecule has 3 unspecified atom stereocenters. The van der Waals surface area contributed by atoms with Gasteiger partial charge >= 0.3 is 0 Å². The number of benzene rings is 1. The second-order valence-electron chi connectivity index (χ2n) is 7.70. The standard InChI is InChI=1S/C19H28ClFN2O.ClH/c1-19(2,18-14(20)6-4-7-15(18)21)12-23-16-8-3-5-13(16)17-11-24-10-9-22-17;/h4,6-7,13,16-17,22-23H,3,5,8-12H2,1-2H3;1H. The molecule has 0 spiro atoms. The van der Waals surface area contributed by atoms with E-state index in [1.807, 2.05) is 0 Å². The number of hydrogen-bond acceptors (Lipinski definition) is 3. The molecule has 3 atom stereocenters. The van der Waals surface area contributed by atoms with E-state index in [-0.39, 0.29) is 23.6 Å². The Balaban J connectivity index is 0.00000225. The summed E-state index contributed by atoms with van der Waals surface area (Å²) in [7, 11) is 0. The summed E-state index contributed by atoms with van der Waals surface area (Å²) in [6.45, 7) is 7.35. The molecule has 1 saturated carbocycles. The van der Waals surface area contributed by atoms with Crippen molar-refractivity contribution in [1.29, 1.82) is 0 Å². The Bertz CT molecular complexity index is 544. The molecule has 1 heterocycles. The van der Waals surface area contributed by atoms with Crippen molar-refractivity contribution in [3.63, 3.8) is 0 Å². The first kappa shape index (κ1) is 20.9. The van der Waals surface area contributed by atoms with Gasteiger partial charge in [-0.25, -0.2) is 4.39 Å². The molecule has 25 heavy (non-hydrogen) atoms. The number of nitrogens with one attached hydrogen (secondary N) is 2. The van der Waals surface area contributed by atoms with E-state index in [1.54, 1.807) is 12.1 Å². The quantitative estimate of drug-likeness (QED) is 0.798. The zero-order chi connectivity index (χ0) is 17.2. The van der Waals surface area contributed by atoms with Crippen LogP contribution in [0, 0.1) is 11.7 Å². The molecule has 0 aromatic heterocycles. The van der Waals surface area contributed by atoms with Crippen molar-refractivity contribution in [2.75, 3.05) is 26.3 Å². The molecule has 2 aliphatic rings. The predicted molar refractivity (Wildman–Crippen MR) is 103 cm³/mol. The maximum absolute atomic E-state index is 14.3. The van der Waals surface area contributed by atoms with Gasteiger partial charge in [-0.1, -0.05) is 37.9 Å². The van der Waals surface area contributed by atoms with E-state index >= 15 is 0 Å². The van der Waals surface area contributed by atoms with Gasteiger partial charge in [-0.05, 0) is 30.9 Å². The van der Waals surface area contributed by atoms with Crippen LogP contribution in [0.3, 0.4) is 0 Å². The van der Waals surface area contributed by atoms with Gasteiger partial charge in [0.05, 0.1) is 13.2 Å². The van der Waals surface area contributed by atoms with Crippen molar-refractivity contribution in [2.24, 2.45) is 5.92 Å². The monoisotopic (exact) mass is 390 g/mol. The van der Waals surface area contributed by atoms with Crippen LogP contribution in [0.1, 0.15) is 38.7 Å². The van der Waals surface area contributed by atoms with Gasteiger partial charge in [0, 0.05) is 41.2 Å². The molecule has 0 amide bonds. The van der Waals surface area contributed by atoms with Crippen LogP contribution in [0.5, 0.6) is 0 Å². The van der Waals surface area contributed by atoms with E-state index in [2.05, 4.69) is 24.5 Å². The van der Waals surface area contributed by atoms with Gasteiger partial charge in [0.2, 0.25) is 0 Å². The van der Waals surface area contributed by atoms with Gasteiger partial charge in [0.25, 0.3) is 0 Å². The Kier molecular flexibility index (Phi) is 7.53. The highest BCUT2D eigenvalue weighted by Gasteiger charge is 2.36. The highest BCUT2D eigenvalue weighted by atomic mass is 35.5. The van der Waals surface area contributed by atoms with E-state index in [0.29, 0.717) is 35.1 Å². The van der Waals surface area contributed by atoms with Crippen LogP contribution >= 0.6 is 24.0 Å². The number of rotatable bonds is 5. The maximum Gasteiger partial charge on any atom is 0.128 e. The van der Waals surface area contributed by atoms with Crippen LogP contribution in [0.15, 0.2) is 18.2 Å². The second-order valence-corrected chi connectivity index (χ2v) is 8.11. The molecular weight excluding hydrogens is 362 g/mol. The Morgan fingerprint density at radius 1 is 1.36 bits per heavy atom. The van der Waals surface area contributed by atoms with Gasteiger partial charge in [-0.15, -0.1) is 12.4 Å². The lowest BCUT2D eigenvalue weighted by atomic mass is 9.83. The van der Waals surface area contributed by atoms with Crippen molar-refractivity contribution >= 4 is 24.0 Å². The zero-order valence-corrected chi connectivity index (χ0v) is 16.6. The summed E-state index contributed by atoms with van der Waals surface area (Å²) in [6.07, 6.45) is 3.63. The van der Waals surface area contributed by atoms with Crippen LogP contribution in [0.2, 0.25) is 5.02 Å². The zero-order valence-electron chi connectivity index (χ0n) is 15.0. The summed E-state index contributed by atoms with van der Waals surface area (Å²) in [5.41, 5.74) is 0.249. The molecule has 1 aromatic rings. The summed E-state index contributed by atoms with van der Waals surface area (Å²) in [5, 5.41) is 7.80. The molecule has 0 bridgehead atoms. The van der Waals surface area contributed by atoms with Crippen molar-refractivity contribution in [3.05, 3.63) is 34.6 Å². The smallest absolute Gasteiger partial charge is 0.128 e. The normalized spacial score (nSPS) is 27.1. The predicted octanol–water partition coefficient (Wildman–Crippen LogP) is 3.93. The molecule has 142 valence electrons. The Labute approximate surface area is 161 Å². The lowest BCUT2D eigenvalue weighted by Crippen LogP contribution is -2.52. The van der Waals surface area contributed by atoms with Crippen molar-refractivity contribution in [2.45, 2.75) is 50.6 Å². The SMILES string of the molecule is CC(C)(CNC1CCCC1C1COCCN1)c1c(F)cccc1Cl.Cl. The van der Waals surface area contributed by atoms with Gasteiger partial charge in [0.15, 0.2) is 0 Å². The van der Waals surface area contributed by atoms with Crippen LogP contribution in [0.4, 0.5) is 4.39 Å². The van der Waals surface area contributed by atoms with Gasteiger partial charge < -0.3 is 15.4 Å². The average molecular weight is 391 g/mol. The van der Waals surface area contributed by atoms with Crippen LogP contribution in [-0.2, 0) is 10.2 Å². The maximum atomic E-state index is 14.3. The third kappa shape index (κ3) is 4.86. The third-order valence-corrected chi connectivity index (χ3v) is 5.80. The molecule has 1 aromatic carbocycles. The van der Waals surface area contributed by atoms with Gasteiger partial charge in [0.1, 0.15) is 5.82 Å². The molecule has 2 N–H and O–H groups in total. The number of hydrogen-bond donors (Lipinski definition) is 2. The molecule has 0 radical (unpaired) electrons. The molecule has 6 heteroatoms. The second kappa shape index (κ2) is 9.01. The third-order valence-electron chi connectivity index (χ3n) is 5.48. The molecule has 1 aliphatic heterocycles. The average Bonchev–Trinajstić information content (AvgIpc) is 3.02. The highest BCUT2D eigenvalue weighted by Crippen LogP contribution is 2.34. The lowest BCUT2D eigenvalue weighted by molar-refractivity contribution is 0.0522. The fraction of sp³-hybridized carbons (Fsp3) is 0.684. The van der Waals surface area contributed by atoms with Crippen molar-refractivity contribution in [1.82, 2.24) is 10.6 Å². The molecule has 1 aliphatic carbocycles. The van der Waals surface area contributed by atoms with Crippen LogP contribution in [-0.4, -0.2) is 38.4 Å². The number of halogens is 3. The molecule has 3 rings (SSSR count). The summed E-state index contributed by atoms with van der Waals surface area (Å²) >= 11 is 6.27. The first-order valence-electron chi connectivity index (χ1n) is 8.98. The minimum Gasteiger partial charge on any atom is -0.379 e. The summed E-state index contributed by atoms with van der Waals surface area (Å²) in [4.78, 5) is 0. The fourth-order valence-electron chi connectivity index (χ4n) is 4.20. The van der Waals surface area contributed by atoms with E-state index < -0.39 is 0 Å². The van der Waals surface area contributed by atoms with E-state index in [4.69, 9.17) is 16.3 Å². The summed E-state index contributed by atoms with van der Waals surface area (Å²) in [5.74, 6) is 0.358. The highest BCUT2D eigenvalue weighted by molar-refractivity contribution is 6.31. The fourth-order valence-corrected chi connectivity index (χ4v) is 4.62. The van der Waals surface area contributed by atoms with Gasteiger partial charge in [-0.3, -0.25) is 0 Å². The van der Waals surface area contributed by atoms with Gasteiger partial charge in [-0.2, -0.15) is 0 Å². The lowest BCUT2D eigenvalue weighted by Gasteiger charge is -2.35. The first-order valence-corrected chi connectivity index (χ1v) is 9.36. The molecule has 2 fully saturated rings. The van der Waals surface area contributed by atoms with Crippen LogP contribution < -0.4 is 10.6 Å². The Hall–Kier alpha value is -0.390. The van der Waals surface area contributed by atoms with E-state index in [9.17, 15) is 4.39 Å². The van der Waals surface area contributed by atoms with Crippen molar-refractivity contribution < 1.29 is 9.13 Å². The summed E-state index contributed by atoms with van der Waals surface area (Å²) < 4.78 is 19.9. The Morgan fingerprint density at radius 3 is 2.84 bits per heavy atom. The van der Waals surface area contributed by atoms with E-state index in [1.165, 1.54) is 25.3 Å². The van der Waals surface area contributed by atoms with E-state index in [0.717, 1.165) is 19.8 Å². The Morgan fingerprint density at radius 2 is 2.16 bits per heavy atom. The minimum absolute atomic E-state index is 0. The topological polar surface area (TPSA) is 33.3 Å². The molecular formula is C19H29Cl2FN2O. The molecule has 3 nitrogen and oxygen atoms in total. The van der Waals surface area contributed by atoms with Crippen molar-refractivity contribution in [3.8, 4) is 0 Å². The van der Waals surface area contributed by atoms with Crippen LogP contribution in [0.25, 0.3) is 0 Å². The minimum atomic E-state index is -0.355.